The molecule has 1 aliphatic rings. The third-order valence-electron chi connectivity index (χ3n) is 3.77. The molecular weight excluding hydrogens is 457 g/mol. The van der Waals surface area contributed by atoms with Crippen LogP contribution in [-0.4, -0.2) is 57.8 Å². The molecule has 0 bridgehead atoms. The predicted molar refractivity (Wildman–Crippen MR) is 131 cm³/mol. The number of nitrogens with zero attached hydrogens (tertiary/aromatic N) is 4. The highest BCUT2D eigenvalue weighted by Crippen LogP contribution is 2.25. The van der Waals surface area contributed by atoms with Gasteiger partial charge in [-0.05, 0) is 58.1 Å². The molecule has 1 heterocycles. The summed E-state index contributed by atoms with van der Waals surface area (Å²) < 4.78 is 0. The van der Waals surface area contributed by atoms with Gasteiger partial charge < -0.3 is 20.9 Å². The van der Waals surface area contributed by atoms with Crippen LogP contribution in [0.25, 0.3) is 0 Å². The Kier molecular flexibility index (Phi) is 9.02. The summed E-state index contributed by atoms with van der Waals surface area (Å²) in [5.41, 5.74) is 0.576. The average Bonchev–Trinajstić information content (AvgIpc) is 3.47. The van der Waals surface area contributed by atoms with Gasteiger partial charge in [0, 0.05) is 31.4 Å². The predicted octanol–water partition coefficient (Wildman–Crippen LogP) is 5.47. The van der Waals surface area contributed by atoms with Crippen molar-refractivity contribution in [2.45, 2.75) is 50.4 Å². The van der Waals surface area contributed by atoms with Crippen LogP contribution in [0.1, 0.15) is 33.6 Å². The summed E-state index contributed by atoms with van der Waals surface area (Å²) in [7, 11) is 3.32. The molecule has 1 aliphatic carbocycles. The van der Waals surface area contributed by atoms with E-state index < -0.39 is 0 Å². The smallest absolute Gasteiger partial charge is 0.321 e. The fourth-order valence-electron chi connectivity index (χ4n) is 2.12. The monoisotopic (exact) mass is 485 g/mol. The van der Waals surface area contributed by atoms with Crippen molar-refractivity contribution < 1.29 is 4.79 Å². The minimum Gasteiger partial charge on any atom is -0.351 e. The van der Waals surface area contributed by atoms with Gasteiger partial charge in [-0.15, -0.1) is 0 Å². The SMILES string of the molecule is CN(C)C(=O)Nc1ccc(Cl)c(Cl)c1.CSc1nc(NC2CC2)nc(NC(C)(C)C)n1. The number of anilines is 3. The van der Waals surface area contributed by atoms with E-state index in [-0.39, 0.29) is 11.6 Å². The minimum absolute atomic E-state index is 0.0477. The molecular formula is C20H29Cl2N7OS. The third kappa shape index (κ3) is 9.37. The highest BCUT2D eigenvalue weighted by atomic mass is 35.5. The Bertz CT molecular complexity index is 902. The quantitative estimate of drug-likeness (QED) is 0.483. The lowest BCUT2D eigenvalue weighted by atomic mass is 10.1. The maximum atomic E-state index is 11.2. The fourth-order valence-corrected chi connectivity index (χ4v) is 2.78. The van der Waals surface area contributed by atoms with E-state index in [1.165, 1.54) is 29.5 Å². The second-order valence-electron chi connectivity index (χ2n) is 8.22. The van der Waals surface area contributed by atoms with Crippen LogP contribution in [-0.2, 0) is 0 Å². The van der Waals surface area contributed by atoms with Crippen LogP contribution in [0.2, 0.25) is 10.0 Å². The second kappa shape index (κ2) is 11.1. The van der Waals surface area contributed by atoms with Crippen LogP contribution >= 0.6 is 35.0 Å². The van der Waals surface area contributed by atoms with Crippen molar-refractivity contribution in [2.24, 2.45) is 0 Å². The first-order valence-corrected chi connectivity index (χ1v) is 11.7. The molecule has 0 spiro atoms. The van der Waals surface area contributed by atoms with Crippen LogP contribution in [0.5, 0.6) is 0 Å². The molecule has 3 rings (SSSR count). The number of nitrogens with one attached hydrogen (secondary N) is 3. The molecule has 170 valence electrons. The van der Waals surface area contributed by atoms with E-state index in [0.717, 1.165) is 5.16 Å². The van der Waals surface area contributed by atoms with Crippen molar-refractivity contribution in [1.82, 2.24) is 19.9 Å². The van der Waals surface area contributed by atoms with Crippen LogP contribution in [0.3, 0.4) is 0 Å². The second-order valence-corrected chi connectivity index (χ2v) is 9.80. The molecule has 31 heavy (non-hydrogen) atoms. The van der Waals surface area contributed by atoms with E-state index in [0.29, 0.717) is 33.7 Å². The molecule has 0 saturated heterocycles. The molecule has 1 aromatic carbocycles. The number of thioether (sulfide) groups is 1. The number of carbonyl (C=O) groups is 1. The molecule has 0 atom stereocenters. The number of urea groups is 1. The molecule has 0 unspecified atom stereocenters. The zero-order chi connectivity index (χ0) is 23.2. The maximum Gasteiger partial charge on any atom is 0.321 e. The summed E-state index contributed by atoms with van der Waals surface area (Å²) in [4.78, 5) is 25.8. The van der Waals surface area contributed by atoms with Crippen LogP contribution < -0.4 is 16.0 Å². The first-order chi connectivity index (χ1) is 14.5. The Hall–Kier alpha value is -1.97. The van der Waals surface area contributed by atoms with E-state index in [1.807, 2.05) is 6.26 Å². The van der Waals surface area contributed by atoms with Crippen molar-refractivity contribution in [3.8, 4) is 0 Å². The molecule has 1 saturated carbocycles. The third-order valence-corrected chi connectivity index (χ3v) is 5.06. The van der Waals surface area contributed by atoms with Gasteiger partial charge in [0.15, 0.2) is 5.16 Å². The van der Waals surface area contributed by atoms with E-state index in [2.05, 4.69) is 51.7 Å². The summed E-state index contributed by atoms with van der Waals surface area (Å²) in [5.74, 6) is 1.32. The van der Waals surface area contributed by atoms with Crippen molar-refractivity contribution in [3.05, 3.63) is 28.2 Å². The minimum atomic E-state index is -0.205. The molecule has 0 aliphatic heterocycles. The maximum absolute atomic E-state index is 11.2. The lowest BCUT2D eigenvalue weighted by Gasteiger charge is -2.20. The molecule has 8 nitrogen and oxygen atoms in total. The van der Waals surface area contributed by atoms with E-state index in [1.54, 1.807) is 32.3 Å². The summed E-state index contributed by atoms with van der Waals surface area (Å²) in [6.45, 7) is 6.26. The Balaban J connectivity index is 0.000000225. The fraction of sp³-hybridized carbons (Fsp3) is 0.500. The standard InChI is InChI=1S/C11H19N5S.C9H10Cl2N2O/c1-11(2,3)16-9-13-8(12-7-5-6-7)14-10(15-9)17-4;1-13(2)9(14)12-6-3-4-7(10)8(11)5-6/h7H,5-6H2,1-4H3,(H2,12,13,14,15,16);3-5H,1-2H3,(H,12,14). The van der Waals surface area contributed by atoms with Gasteiger partial charge in [0.2, 0.25) is 11.9 Å². The highest BCUT2D eigenvalue weighted by molar-refractivity contribution is 7.98. The number of halogens is 2. The van der Waals surface area contributed by atoms with E-state index >= 15 is 0 Å². The largest absolute Gasteiger partial charge is 0.351 e. The van der Waals surface area contributed by atoms with Crippen molar-refractivity contribution in [3.63, 3.8) is 0 Å². The molecule has 2 amide bonds. The molecule has 0 radical (unpaired) electrons. The summed E-state index contributed by atoms with van der Waals surface area (Å²) in [5, 5.41) is 10.9. The molecule has 3 N–H and O–H groups in total. The number of hydrogen-bond acceptors (Lipinski definition) is 7. The average molecular weight is 486 g/mol. The van der Waals surface area contributed by atoms with Gasteiger partial charge >= 0.3 is 6.03 Å². The number of benzene rings is 1. The van der Waals surface area contributed by atoms with Gasteiger partial charge in [0.05, 0.1) is 10.0 Å². The van der Waals surface area contributed by atoms with Gasteiger partial charge in [0.1, 0.15) is 0 Å². The first-order valence-electron chi connectivity index (χ1n) is 9.75. The zero-order valence-electron chi connectivity index (χ0n) is 18.6. The van der Waals surface area contributed by atoms with Gasteiger partial charge in [-0.2, -0.15) is 15.0 Å². The van der Waals surface area contributed by atoms with E-state index in [9.17, 15) is 4.79 Å². The van der Waals surface area contributed by atoms with Crippen molar-refractivity contribution >= 4 is 58.6 Å². The van der Waals surface area contributed by atoms with Crippen LogP contribution in [0.15, 0.2) is 23.4 Å². The summed E-state index contributed by atoms with van der Waals surface area (Å²) >= 11 is 13.0. The Labute approximate surface area is 197 Å². The van der Waals surface area contributed by atoms with Crippen molar-refractivity contribution in [1.29, 1.82) is 0 Å². The molecule has 2 aromatic rings. The Morgan fingerprint density at radius 2 is 1.74 bits per heavy atom. The summed E-state index contributed by atoms with van der Waals surface area (Å²) in [6, 6.07) is 5.27. The highest BCUT2D eigenvalue weighted by Gasteiger charge is 2.23. The molecule has 1 fully saturated rings. The topological polar surface area (TPSA) is 95.1 Å². The normalized spacial score (nSPS) is 13.0. The van der Waals surface area contributed by atoms with Crippen LogP contribution in [0.4, 0.5) is 22.4 Å². The van der Waals surface area contributed by atoms with Gasteiger partial charge in [-0.1, -0.05) is 35.0 Å². The number of hydrogen-bond donors (Lipinski definition) is 3. The summed E-state index contributed by atoms with van der Waals surface area (Å²) in [6.07, 6.45) is 4.39. The van der Waals surface area contributed by atoms with Gasteiger partial charge in [-0.25, -0.2) is 4.79 Å². The number of rotatable bonds is 5. The van der Waals surface area contributed by atoms with Crippen molar-refractivity contribution in [2.75, 3.05) is 36.3 Å². The van der Waals surface area contributed by atoms with E-state index in [4.69, 9.17) is 23.2 Å². The number of amides is 2. The number of carbonyl (C=O) groups excluding carboxylic acids is 1. The molecule has 1 aromatic heterocycles. The molecule has 11 heteroatoms. The lowest BCUT2D eigenvalue weighted by molar-refractivity contribution is 0.230. The Morgan fingerprint density at radius 3 is 2.26 bits per heavy atom. The first kappa shape index (κ1) is 25.3. The van der Waals surface area contributed by atoms with Gasteiger partial charge in [0.25, 0.3) is 0 Å². The Morgan fingerprint density at radius 1 is 1.10 bits per heavy atom. The van der Waals surface area contributed by atoms with Gasteiger partial charge in [-0.3, -0.25) is 0 Å². The lowest BCUT2D eigenvalue weighted by Crippen LogP contribution is -2.28. The number of aromatic nitrogens is 3. The zero-order valence-corrected chi connectivity index (χ0v) is 20.9. The van der Waals surface area contributed by atoms with Crippen LogP contribution in [0, 0.1) is 0 Å².